The van der Waals surface area contributed by atoms with Crippen molar-refractivity contribution < 1.29 is 59.8 Å². The highest BCUT2D eigenvalue weighted by molar-refractivity contribution is 5.21. The Hall–Kier alpha value is -0.480. The van der Waals surface area contributed by atoms with E-state index in [-0.39, 0.29) is 34.0 Å². The normalized spacial score (nSPS) is 53.8. The van der Waals surface area contributed by atoms with Gasteiger partial charge in [-0.15, -0.1) is 0 Å². The van der Waals surface area contributed by atoms with E-state index in [2.05, 4.69) is 55.4 Å². The van der Waals surface area contributed by atoms with Gasteiger partial charge in [-0.3, -0.25) is 0 Å². The van der Waals surface area contributed by atoms with Gasteiger partial charge < -0.3 is 59.8 Å². The van der Waals surface area contributed by atoms with Crippen molar-refractivity contribution >= 4 is 0 Å². The Labute approximate surface area is 322 Å². The van der Waals surface area contributed by atoms with Crippen molar-refractivity contribution in [1.82, 2.24) is 0 Å². The highest BCUT2D eigenvalue weighted by Gasteiger charge is 2.73. The number of hydrogen-bond acceptors (Lipinski definition) is 12. The highest BCUT2D eigenvalue weighted by Crippen LogP contribution is 2.76. The largest absolute Gasteiger partial charge is 0.394 e. The van der Waals surface area contributed by atoms with E-state index >= 15 is 0 Å². The van der Waals surface area contributed by atoms with Crippen molar-refractivity contribution in [3.63, 3.8) is 0 Å². The Balaban J connectivity index is 1.36. The molecule has 6 aliphatic rings. The SMILES string of the molecule is CC(C)CCC[C@@H](C)[C@H]1CC[C@]2(C)[C@@H]1[C@H](O)C[C@@H]1[C@@]3(C)CC[C@H](O)C(C)(C)[C@@H]3[C@@H](O[C@@H]3O[C@H](CO)[C@@H](O)[C@H](O)[C@H]3O[C@@H]3O[C@@H](C)[C@H](O)[C@@H](O)[C@H]3O)C[C@]12C. The molecule has 2 saturated heterocycles. The summed E-state index contributed by atoms with van der Waals surface area (Å²) in [5.41, 5.74) is -1.45. The smallest absolute Gasteiger partial charge is 0.187 e. The van der Waals surface area contributed by atoms with Crippen LogP contribution in [0.3, 0.4) is 0 Å². The summed E-state index contributed by atoms with van der Waals surface area (Å²) in [6.07, 6.45) is -7.49. The molecule has 4 saturated carbocycles. The Morgan fingerprint density at radius 2 is 1.43 bits per heavy atom. The van der Waals surface area contributed by atoms with Crippen LogP contribution >= 0.6 is 0 Å². The maximum absolute atomic E-state index is 12.3. The van der Waals surface area contributed by atoms with E-state index in [9.17, 15) is 40.9 Å². The number of aliphatic hydroxyl groups excluding tert-OH is 8. The fourth-order valence-corrected chi connectivity index (χ4v) is 13.5. The van der Waals surface area contributed by atoms with E-state index in [4.69, 9.17) is 18.9 Å². The van der Waals surface area contributed by atoms with Gasteiger partial charge in [0, 0.05) is 0 Å². The molecule has 6 rings (SSSR count). The van der Waals surface area contributed by atoms with Gasteiger partial charge in [0.1, 0.15) is 42.7 Å². The Kier molecular flexibility index (Phi) is 12.5. The molecular formula is C42H74O12. The molecular weight excluding hydrogens is 696 g/mol. The molecule has 4 aliphatic carbocycles. The second-order valence-corrected chi connectivity index (χ2v) is 20.4. The molecule has 2 heterocycles. The molecule has 0 aromatic rings. The second-order valence-electron chi connectivity index (χ2n) is 20.4. The van der Waals surface area contributed by atoms with E-state index < -0.39 is 91.7 Å². The van der Waals surface area contributed by atoms with E-state index in [0.717, 1.165) is 25.7 Å². The van der Waals surface area contributed by atoms with Crippen LogP contribution in [0.15, 0.2) is 0 Å². The van der Waals surface area contributed by atoms with Crippen LogP contribution in [0, 0.1) is 57.2 Å². The maximum Gasteiger partial charge on any atom is 0.187 e. The van der Waals surface area contributed by atoms with Crippen LogP contribution in [0.25, 0.3) is 0 Å². The third kappa shape index (κ3) is 6.95. The quantitative estimate of drug-likeness (QED) is 0.151. The Morgan fingerprint density at radius 3 is 2.07 bits per heavy atom. The van der Waals surface area contributed by atoms with E-state index in [1.54, 1.807) is 0 Å². The van der Waals surface area contributed by atoms with E-state index in [1.807, 2.05) is 0 Å². The average molecular weight is 771 g/mol. The van der Waals surface area contributed by atoms with Gasteiger partial charge >= 0.3 is 0 Å². The predicted molar refractivity (Wildman–Crippen MR) is 199 cm³/mol. The molecule has 6 fully saturated rings. The monoisotopic (exact) mass is 771 g/mol. The van der Waals surface area contributed by atoms with Crippen LogP contribution in [0.5, 0.6) is 0 Å². The fraction of sp³-hybridized carbons (Fsp3) is 1.00. The second kappa shape index (κ2) is 15.6. The third-order valence-electron chi connectivity index (χ3n) is 16.7. The minimum absolute atomic E-state index is 0.127. The van der Waals surface area contributed by atoms with Gasteiger partial charge in [0.25, 0.3) is 0 Å². The molecule has 0 bridgehead atoms. The zero-order chi connectivity index (χ0) is 39.9. The number of hydrogen-bond donors (Lipinski definition) is 8. The minimum atomic E-state index is -1.67. The van der Waals surface area contributed by atoms with Crippen molar-refractivity contribution in [2.75, 3.05) is 6.61 Å². The van der Waals surface area contributed by atoms with E-state index in [0.29, 0.717) is 37.0 Å². The first-order valence-electron chi connectivity index (χ1n) is 21.1. The van der Waals surface area contributed by atoms with Crippen LogP contribution in [0.1, 0.15) is 120 Å². The summed E-state index contributed by atoms with van der Waals surface area (Å²) >= 11 is 0. The summed E-state index contributed by atoms with van der Waals surface area (Å²) in [5.74, 6) is 1.62. The summed E-state index contributed by atoms with van der Waals surface area (Å²) in [5, 5.41) is 88.3. The predicted octanol–water partition coefficient (Wildman–Crippen LogP) is 3.11. The number of aliphatic hydroxyl groups is 8. The van der Waals surface area contributed by atoms with Gasteiger partial charge in [-0.25, -0.2) is 0 Å². The Bertz CT molecular complexity index is 1280. The molecule has 0 radical (unpaired) electrons. The minimum Gasteiger partial charge on any atom is -0.394 e. The lowest BCUT2D eigenvalue weighted by atomic mass is 9.34. The summed E-state index contributed by atoms with van der Waals surface area (Å²) in [7, 11) is 0. The Morgan fingerprint density at radius 1 is 0.741 bits per heavy atom. The van der Waals surface area contributed by atoms with Crippen LogP contribution in [-0.4, -0.2) is 127 Å². The molecule has 0 unspecified atom stereocenters. The van der Waals surface area contributed by atoms with Crippen molar-refractivity contribution in [3.8, 4) is 0 Å². The van der Waals surface area contributed by atoms with Crippen molar-refractivity contribution in [2.24, 2.45) is 57.2 Å². The molecule has 0 amide bonds. The first kappa shape index (κ1) is 43.1. The summed E-state index contributed by atoms with van der Waals surface area (Å²) in [6.45, 7) is 19.1. The van der Waals surface area contributed by atoms with E-state index in [1.165, 1.54) is 19.8 Å². The molecule has 0 aromatic heterocycles. The molecule has 12 heteroatoms. The number of fused-ring (bicyclic) bond motifs is 5. The summed E-state index contributed by atoms with van der Waals surface area (Å²) < 4.78 is 25.2. The first-order chi connectivity index (χ1) is 25.1. The van der Waals surface area contributed by atoms with Gasteiger partial charge in [-0.2, -0.15) is 0 Å². The van der Waals surface area contributed by atoms with Crippen LogP contribution < -0.4 is 0 Å². The zero-order valence-corrected chi connectivity index (χ0v) is 34.3. The molecule has 0 spiro atoms. The molecule has 8 N–H and O–H groups in total. The number of rotatable bonds is 10. The van der Waals surface area contributed by atoms with Gasteiger partial charge in [-0.05, 0) is 103 Å². The lowest BCUT2D eigenvalue weighted by molar-refractivity contribution is -0.382. The highest BCUT2D eigenvalue weighted by atomic mass is 16.8. The van der Waals surface area contributed by atoms with Crippen LogP contribution in [0.4, 0.5) is 0 Å². The molecule has 2 aliphatic heterocycles. The zero-order valence-electron chi connectivity index (χ0n) is 34.3. The molecule has 21 atom stereocenters. The summed E-state index contributed by atoms with van der Waals surface area (Å²) in [4.78, 5) is 0. The topological polar surface area (TPSA) is 199 Å². The number of ether oxygens (including phenoxy) is 4. The molecule has 12 nitrogen and oxygen atoms in total. The standard InChI is InChI=1S/C42H74O12/c1-20(2)11-10-12-21(3)23-13-16-41(8)29(23)24(44)17-27-40(7)15-14-28(45)39(5,6)36(40)25(18-42(27,41)9)52-38-35(33(49)31(47)26(19-43)53-38)54-37-34(50)32(48)30(46)22(4)51-37/h20-38,43-50H,10-19H2,1-9H3/t21-,22+,23-,24-,25+,26-,27-,28+,29+,30+,31-,32-,33+,34-,35-,36+,37+,38-,40-,41-,42-/m1/s1. The van der Waals surface area contributed by atoms with Crippen LogP contribution in [-0.2, 0) is 18.9 Å². The molecule has 54 heavy (non-hydrogen) atoms. The lowest BCUT2D eigenvalue weighted by Crippen LogP contribution is -2.71. The van der Waals surface area contributed by atoms with Gasteiger partial charge in [-0.1, -0.05) is 74.7 Å². The lowest BCUT2D eigenvalue weighted by Gasteiger charge is -2.72. The van der Waals surface area contributed by atoms with Crippen molar-refractivity contribution in [1.29, 1.82) is 0 Å². The maximum atomic E-state index is 12.3. The molecule has 314 valence electrons. The van der Waals surface area contributed by atoms with Crippen molar-refractivity contribution in [2.45, 2.75) is 200 Å². The summed E-state index contributed by atoms with van der Waals surface area (Å²) in [6, 6.07) is 0. The van der Waals surface area contributed by atoms with Crippen LogP contribution in [0.2, 0.25) is 0 Å². The van der Waals surface area contributed by atoms with Gasteiger partial charge in [0.2, 0.25) is 0 Å². The molecule has 0 aromatic carbocycles. The van der Waals surface area contributed by atoms with Gasteiger partial charge in [0.05, 0.1) is 31.0 Å². The van der Waals surface area contributed by atoms with Crippen molar-refractivity contribution in [3.05, 3.63) is 0 Å². The first-order valence-corrected chi connectivity index (χ1v) is 21.1. The average Bonchev–Trinajstić information content (AvgIpc) is 3.48. The fourth-order valence-electron chi connectivity index (χ4n) is 13.5. The van der Waals surface area contributed by atoms with Gasteiger partial charge in [0.15, 0.2) is 12.6 Å². The third-order valence-corrected chi connectivity index (χ3v) is 16.7.